The molecular formula is C9H10N4O2. The predicted molar refractivity (Wildman–Crippen MR) is 54.2 cm³/mol. The van der Waals surface area contributed by atoms with Crippen LogP contribution < -0.4 is 5.73 Å². The smallest absolute Gasteiger partial charge is 0.218 e. The number of phenolic OH excluding ortho intramolecular Hbond substituents is 2. The van der Waals surface area contributed by atoms with E-state index in [9.17, 15) is 5.11 Å². The quantitative estimate of drug-likeness (QED) is 0.589. The lowest BCUT2D eigenvalue weighted by atomic mass is 10.2. The highest BCUT2D eigenvalue weighted by Crippen LogP contribution is 2.29. The first-order valence-corrected chi connectivity index (χ1v) is 4.27. The van der Waals surface area contributed by atoms with Crippen LogP contribution in [0.15, 0.2) is 18.2 Å². The zero-order chi connectivity index (χ0) is 11.0. The summed E-state index contributed by atoms with van der Waals surface area (Å²) in [5.74, 6) is 0.309. The highest BCUT2D eigenvalue weighted by Gasteiger charge is 2.08. The van der Waals surface area contributed by atoms with Gasteiger partial charge in [0.1, 0.15) is 0 Å². The summed E-state index contributed by atoms with van der Waals surface area (Å²) in [7, 11) is 1.67. The van der Waals surface area contributed by atoms with Crippen LogP contribution in [-0.4, -0.2) is 25.0 Å². The second-order valence-electron chi connectivity index (χ2n) is 3.12. The van der Waals surface area contributed by atoms with Crippen LogP contribution in [-0.2, 0) is 7.05 Å². The largest absolute Gasteiger partial charge is 0.504 e. The molecule has 0 fully saturated rings. The number of aryl methyl sites for hydroxylation is 1. The van der Waals surface area contributed by atoms with Crippen LogP contribution in [0.3, 0.4) is 0 Å². The van der Waals surface area contributed by atoms with E-state index in [1.165, 1.54) is 16.8 Å². The van der Waals surface area contributed by atoms with Crippen molar-refractivity contribution in [2.24, 2.45) is 7.05 Å². The molecule has 1 heterocycles. The number of benzene rings is 1. The van der Waals surface area contributed by atoms with Crippen molar-refractivity contribution in [1.82, 2.24) is 14.8 Å². The third kappa shape index (κ3) is 1.56. The molecule has 6 heteroatoms. The van der Waals surface area contributed by atoms with Crippen molar-refractivity contribution in [2.75, 3.05) is 5.73 Å². The fourth-order valence-electron chi connectivity index (χ4n) is 1.18. The Kier molecular flexibility index (Phi) is 1.96. The summed E-state index contributed by atoms with van der Waals surface area (Å²) in [6, 6.07) is 4.35. The van der Waals surface area contributed by atoms with E-state index in [1.807, 2.05) is 0 Å². The van der Waals surface area contributed by atoms with E-state index >= 15 is 0 Å². The molecule has 1 aromatic heterocycles. The third-order valence-electron chi connectivity index (χ3n) is 2.03. The van der Waals surface area contributed by atoms with Crippen LogP contribution >= 0.6 is 0 Å². The van der Waals surface area contributed by atoms with E-state index in [4.69, 9.17) is 10.8 Å². The normalized spacial score (nSPS) is 10.5. The van der Waals surface area contributed by atoms with Gasteiger partial charge in [0.25, 0.3) is 0 Å². The number of nitrogen functional groups attached to an aromatic ring is 1. The second kappa shape index (κ2) is 3.16. The van der Waals surface area contributed by atoms with Gasteiger partial charge in [-0.25, -0.2) is 4.68 Å². The highest BCUT2D eigenvalue weighted by atomic mass is 16.3. The van der Waals surface area contributed by atoms with E-state index in [-0.39, 0.29) is 17.4 Å². The number of rotatable bonds is 1. The van der Waals surface area contributed by atoms with Gasteiger partial charge in [-0.05, 0) is 18.2 Å². The lowest BCUT2D eigenvalue weighted by molar-refractivity contribution is 0.404. The van der Waals surface area contributed by atoms with Gasteiger partial charge in [0.2, 0.25) is 5.95 Å². The molecule has 4 N–H and O–H groups in total. The molecule has 0 aliphatic heterocycles. The molecule has 0 unspecified atom stereocenters. The minimum absolute atomic E-state index is 0.178. The third-order valence-corrected chi connectivity index (χ3v) is 2.03. The van der Waals surface area contributed by atoms with E-state index in [1.54, 1.807) is 13.1 Å². The van der Waals surface area contributed by atoms with Crippen molar-refractivity contribution < 1.29 is 10.2 Å². The number of aromatic nitrogens is 3. The molecule has 6 nitrogen and oxygen atoms in total. The Morgan fingerprint density at radius 1 is 1.27 bits per heavy atom. The molecule has 0 radical (unpaired) electrons. The first kappa shape index (κ1) is 9.32. The van der Waals surface area contributed by atoms with Crippen molar-refractivity contribution in [2.45, 2.75) is 0 Å². The fourth-order valence-corrected chi connectivity index (χ4v) is 1.18. The standard InChI is InChI=1S/C9H10N4O2/c1-13-9(10)11-8(12-13)5-2-3-6(14)7(15)4-5/h2-4,14-15H,1H3,(H2,10,11,12). The summed E-state index contributed by atoms with van der Waals surface area (Å²) in [6.07, 6.45) is 0. The van der Waals surface area contributed by atoms with E-state index < -0.39 is 0 Å². The highest BCUT2D eigenvalue weighted by molar-refractivity contribution is 5.61. The summed E-state index contributed by atoms with van der Waals surface area (Å²) < 4.78 is 1.43. The van der Waals surface area contributed by atoms with Gasteiger partial charge < -0.3 is 15.9 Å². The number of aromatic hydroxyl groups is 2. The molecule has 2 rings (SSSR count). The van der Waals surface area contributed by atoms with Gasteiger partial charge in [-0.3, -0.25) is 0 Å². The first-order valence-electron chi connectivity index (χ1n) is 4.27. The van der Waals surface area contributed by atoms with Gasteiger partial charge in [-0.1, -0.05) is 0 Å². The number of hydrogen-bond acceptors (Lipinski definition) is 5. The van der Waals surface area contributed by atoms with Crippen LogP contribution in [0.1, 0.15) is 0 Å². The van der Waals surface area contributed by atoms with E-state index in [2.05, 4.69) is 10.1 Å². The molecule has 0 saturated carbocycles. The lowest BCUT2D eigenvalue weighted by Gasteiger charge is -1.98. The zero-order valence-electron chi connectivity index (χ0n) is 8.05. The summed E-state index contributed by atoms with van der Waals surface area (Å²) in [5, 5.41) is 22.5. The van der Waals surface area contributed by atoms with Crippen molar-refractivity contribution in [1.29, 1.82) is 0 Å². The molecule has 78 valence electrons. The minimum atomic E-state index is -0.210. The molecular weight excluding hydrogens is 196 g/mol. The van der Waals surface area contributed by atoms with Gasteiger partial charge in [0.05, 0.1) is 0 Å². The van der Waals surface area contributed by atoms with Crippen molar-refractivity contribution in [3.8, 4) is 22.9 Å². The summed E-state index contributed by atoms with van der Waals surface area (Å²) >= 11 is 0. The van der Waals surface area contributed by atoms with E-state index in [0.717, 1.165) is 0 Å². The maximum atomic E-state index is 9.29. The van der Waals surface area contributed by atoms with Gasteiger partial charge in [0.15, 0.2) is 17.3 Å². The Morgan fingerprint density at radius 2 is 2.00 bits per heavy atom. The fraction of sp³-hybridized carbons (Fsp3) is 0.111. The lowest BCUT2D eigenvalue weighted by Crippen LogP contribution is -1.97. The Hall–Kier alpha value is -2.24. The minimum Gasteiger partial charge on any atom is -0.504 e. The molecule has 0 amide bonds. The molecule has 0 aliphatic rings. The Morgan fingerprint density at radius 3 is 2.53 bits per heavy atom. The van der Waals surface area contributed by atoms with Crippen molar-refractivity contribution in [3.63, 3.8) is 0 Å². The summed E-state index contributed by atoms with van der Waals surface area (Å²) in [5.41, 5.74) is 6.12. The number of nitrogens with two attached hydrogens (primary N) is 1. The van der Waals surface area contributed by atoms with Crippen molar-refractivity contribution in [3.05, 3.63) is 18.2 Å². The molecule has 1 aromatic carbocycles. The Bertz CT molecular complexity index is 487. The Labute approximate surface area is 85.6 Å². The number of anilines is 1. The van der Waals surface area contributed by atoms with Crippen LogP contribution in [0.5, 0.6) is 11.5 Å². The SMILES string of the molecule is Cn1nc(-c2ccc(O)c(O)c2)nc1N. The molecule has 0 aliphatic carbocycles. The summed E-state index contributed by atoms with van der Waals surface area (Å²) in [6.45, 7) is 0. The number of hydrogen-bond donors (Lipinski definition) is 3. The number of nitrogens with zero attached hydrogens (tertiary/aromatic N) is 3. The second-order valence-corrected chi connectivity index (χ2v) is 3.12. The first-order chi connectivity index (χ1) is 7.08. The van der Waals surface area contributed by atoms with Gasteiger partial charge >= 0.3 is 0 Å². The van der Waals surface area contributed by atoms with Crippen LogP contribution in [0.2, 0.25) is 0 Å². The van der Waals surface area contributed by atoms with Gasteiger partial charge in [0, 0.05) is 12.6 Å². The summed E-state index contributed by atoms with van der Waals surface area (Å²) in [4.78, 5) is 3.99. The molecule has 0 spiro atoms. The van der Waals surface area contributed by atoms with Crippen LogP contribution in [0.25, 0.3) is 11.4 Å². The van der Waals surface area contributed by atoms with Crippen LogP contribution in [0, 0.1) is 0 Å². The van der Waals surface area contributed by atoms with Crippen molar-refractivity contribution >= 4 is 5.95 Å². The average Bonchev–Trinajstić information content (AvgIpc) is 2.52. The van der Waals surface area contributed by atoms with Crippen LogP contribution in [0.4, 0.5) is 5.95 Å². The monoisotopic (exact) mass is 206 g/mol. The Balaban J connectivity index is 2.49. The predicted octanol–water partition coefficient (Wildman–Crippen LogP) is 0.475. The zero-order valence-corrected chi connectivity index (χ0v) is 8.05. The maximum Gasteiger partial charge on any atom is 0.218 e. The average molecular weight is 206 g/mol. The molecule has 0 bridgehead atoms. The molecule has 0 atom stereocenters. The molecule has 2 aromatic rings. The molecule has 0 saturated heterocycles. The van der Waals surface area contributed by atoms with Gasteiger partial charge in [-0.15, -0.1) is 5.10 Å². The van der Waals surface area contributed by atoms with Gasteiger partial charge in [-0.2, -0.15) is 4.98 Å². The topological polar surface area (TPSA) is 97.2 Å². The molecule has 15 heavy (non-hydrogen) atoms. The number of phenols is 2. The van der Waals surface area contributed by atoms with E-state index in [0.29, 0.717) is 11.4 Å². The maximum absolute atomic E-state index is 9.29.